The Bertz CT molecular complexity index is 540. The van der Waals surface area contributed by atoms with E-state index in [4.69, 9.17) is 5.11 Å². The van der Waals surface area contributed by atoms with Crippen LogP contribution in [0.3, 0.4) is 0 Å². The van der Waals surface area contributed by atoms with Crippen molar-refractivity contribution in [1.82, 2.24) is 4.90 Å². The fourth-order valence-electron chi connectivity index (χ4n) is 2.80. The maximum Gasteiger partial charge on any atom is 0.307 e. The van der Waals surface area contributed by atoms with Crippen LogP contribution in [0.1, 0.15) is 37.0 Å². The average molecular weight is 305 g/mol. The molecule has 5 heteroatoms. The van der Waals surface area contributed by atoms with Crippen molar-refractivity contribution in [2.75, 3.05) is 13.1 Å². The number of carbonyl (C=O) groups excluding carboxylic acids is 1. The number of carboxylic acids is 1. The van der Waals surface area contributed by atoms with Crippen LogP contribution in [0.25, 0.3) is 0 Å². The highest BCUT2D eigenvalue weighted by Gasteiger charge is 2.43. The van der Waals surface area contributed by atoms with Gasteiger partial charge in [-0.2, -0.15) is 0 Å². The second-order valence-electron chi connectivity index (χ2n) is 5.93. The summed E-state index contributed by atoms with van der Waals surface area (Å²) in [6, 6.07) is 7.54. The Hall–Kier alpha value is -1.88. The summed E-state index contributed by atoms with van der Waals surface area (Å²) in [5.74, 6) is -2.08. The Balaban J connectivity index is 2.01. The largest absolute Gasteiger partial charge is 0.481 e. The molecule has 1 aliphatic carbocycles. The average Bonchev–Trinajstić information content (AvgIpc) is 2.43. The molecule has 0 radical (unpaired) electrons. The number of aliphatic carboxylic acids is 1. The first-order valence-electron chi connectivity index (χ1n) is 7.70. The number of aryl methyl sites for hydroxylation is 1. The van der Waals surface area contributed by atoms with Gasteiger partial charge in [0.1, 0.15) is 0 Å². The Morgan fingerprint density at radius 2 is 1.82 bits per heavy atom. The lowest BCUT2D eigenvalue weighted by Crippen LogP contribution is -2.47. The van der Waals surface area contributed by atoms with E-state index >= 15 is 0 Å². The molecule has 0 aliphatic heterocycles. The topological polar surface area (TPSA) is 77.8 Å². The molecule has 1 saturated carbocycles. The first kappa shape index (κ1) is 16.5. The number of rotatable bonds is 6. The zero-order chi connectivity index (χ0) is 16.3. The van der Waals surface area contributed by atoms with E-state index in [0.717, 1.165) is 11.1 Å². The van der Waals surface area contributed by atoms with Gasteiger partial charge in [-0.15, -0.1) is 0 Å². The SMILES string of the molecule is CCN(CC(O)c1ccc(C)cc1)C(=O)C1CCC1C(=O)O. The molecule has 0 bridgehead atoms. The van der Waals surface area contributed by atoms with Crippen LogP contribution in [0.4, 0.5) is 0 Å². The number of aliphatic hydroxyl groups excluding tert-OH is 1. The minimum atomic E-state index is -0.903. The van der Waals surface area contributed by atoms with Gasteiger partial charge >= 0.3 is 5.97 Å². The van der Waals surface area contributed by atoms with Crippen LogP contribution in [0.2, 0.25) is 0 Å². The van der Waals surface area contributed by atoms with Crippen molar-refractivity contribution in [3.8, 4) is 0 Å². The molecule has 1 aromatic rings. The van der Waals surface area contributed by atoms with Crippen LogP contribution in [0.15, 0.2) is 24.3 Å². The molecule has 0 spiro atoms. The monoisotopic (exact) mass is 305 g/mol. The summed E-state index contributed by atoms with van der Waals surface area (Å²) >= 11 is 0. The molecule has 3 atom stereocenters. The van der Waals surface area contributed by atoms with E-state index in [2.05, 4.69) is 0 Å². The summed E-state index contributed by atoms with van der Waals surface area (Å²) < 4.78 is 0. The van der Waals surface area contributed by atoms with Crippen LogP contribution < -0.4 is 0 Å². The minimum absolute atomic E-state index is 0.160. The van der Waals surface area contributed by atoms with Gasteiger partial charge in [-0.05, 0) is 32.3 Å². The molecule has 0 aromatic heterocycles. The Kier molecular flexibility index (Phi) is 5.19. The third-order valence-corrected chi connectivity index (χ3v) is 4.46. The van der Waals surface area contributed by atoms with Gasteiger partial charge in [-0.3, -0.25) is 9.59 Å². The number of benzene rings is 1. The molecule has 1 amide bonds. The molecular formula is C17H23NO4. The predicted octanol–water partition coefficient (Wildman–Crippen LogP) is 1.99. The Labute approximate surface area is 130 Å². The fourth-order valence-corrected chi connectivity index (χ4v) is 2.80. The van der Waals surface area contributed by atoms with Gasteiger partial charge in [0.25, 0.3) is 0 Å². The lowest BCUT2D eigenvalue weighted by Gasteiger charge is -2.36. The van der Waals surface area contributed by atoms with Crippen molar-refractivity contribution in [2.45, 2.75) is 32.8 Å². The Morgan fingerprint density at radius 1 is 1.23 bits per heavy atom. The third-order valence-electron chi connectivity index (χ3n) is 4.46. The molecule has 2 N–H and O–H groups in total. The number of hydrogen-bond donors (Lipinski definition) is 2. The van der Waals surface area contributed by atoms with Gasteiger partial charge in [-0.25, -0.2) is 0 Å². The molecular weight excluding hydrogens is 282 g/mol. The highest BCUT2D eigenvalue weighted by Crippen LogP contribution is 2.36. The van der Waals surface area contributed by atoms with E-state index in [1.54, 1.807) is 4.90 Å². The lowest BCUT2D eigenvalue weighted by atomic mass is 9.73. The van der Waals surface area contributed by atoms with Crippen molar-refractivity contribution in [3.63, 3.8) is 0 Å². The van der Waals surface area contributed by atoms with Crippen LogP contribution >= 0.6 is 0 Å². The first-order chi connectivity index (χ1) is 10.4. The van der Waals surface area contributed by atoms with Gasteiger partial charge in [0.2, 0.25) is 5.91 Å². The molecule has 120 valence electrons. The second kappa shape index (κ2) is 6.92. The van der Waals surface area contributed by atoms with E-state index in [1.165, 1.54) is 0 Å². The highest BCUT2D eigenvalue weighted by atomic mass is 16.4. The molecule has 22 heavy (non-hydrogen) atoms. The molecule has 5 nitrogen and oxygen atoms in total. The van der Waals surface area contributed by atoms with E-state index in [9.17, 15) is 14.7 Å². The fraction of sp³-hybridized carbons (Fsp3) is 0.529. The van der Waals surface area contributed by atoms with Crippen molar-refractivity contribution >= 4 is 11.9 Å². The maximum absolute atomic E-state index is 12.4. The van der Waals surface area contributed by atoms with Crippen molar-refractivity contribution in [1.29, 1.82) is 0 Å². The molecule has 1 aliphatic rings. The van der Waals surface area contributed by atoms with Gasteiger partial charge in [-0.1, -0.05) is 29.8 Å². The summed E-state index contributed by atoms with van der Waals surface area (Å²) in [5.41, 5.74) is 1.87. The molecule has 3 unspecified atom stereocenters. The molecule has 0 saturated heterocycles. The van der Waals surface area contributed by atoms with Crippen molar-refractivity contribution in [2.24, 2.45) is 11.8 Å². The number of carbonyl (C=O) groups is 2. The Morgan fingerprint density at radius 3 is 2.27 bits per heavy atom. The van der Waals surface area contributed by atoms with Crippen molar-refractivity contribution < 1.29 is 19.8 Å². The number of hydrogen-bond acceptors (Lipinski definition) is 3. The van der Waals surface area contributed by atoms with Crippen molar-refractivity contribution in [3.05, 3.63) is 35.4 Å². The molecule has 0 heterocycles. The zero-order valence-corrected chi connectivity index (χ0v) is 13.0. The smallest absolute Gasteiger partial charge is 0.307 e. The first-order valence-corrected chi connectivity index (χ1v) is 7.70. The van der Waals surface area contributed by atoms with Crippen LogP contribution in [-0.4, -0.2) is 40.1 Å². The lowest BCUT2D eigenvalue weighted by molar-refractivity contribution is -0.157. The molecule has 1 fully saturated rings. The number of likely N-dealkylation sites (N-methyl/N-ethyl adjacent to an activating group) is 1. The maximum atomic E-state index is 12.4. The number of carboxylic acid groups (broad SMARTS) is 1. The van der Waals surface area contributed by atoms with Gasteiger partial charge in [0.15, 0.2) is 0 Å². The summed E-state index contributed by atoms with van der Waals surface area (Å²) in [6.07, 6.45) is 0.421. The second-order valence-corrected chi connectivity index (χ2v) is 5.93. The minimum Gasteiger partial charge on any atom is -0.481 e. The van der Waals surface area contributed by atoms with Crippen LogP contribution in [0.5, 0.6) is 0 Å². The van der Waals surface area contributed by atoms with Crippen LogP contribution in [-0.2, 0) is 9.59 Å². The number of nitrogens with zero attached hydrogens (tertiary/aromatic N) is 1. The summed E-state index contributed by atoms with van der Waals surface area (Å²) in [7, 11) is 0. The highest BCUT2D eigenvalue weighted by molar-refractivity contribution is 5.86. The van der Waals surface area contributed by atoms with Gasteiger partial charge in [0.05, 0.1) is 24.5 Å². The van der Waals surface area contributed by atoms with Crippen LogP contribution in [0, 0.1) is 18.8 Å². The van der Waals surface area contributed by atoms with E-state index in [1.807, 2.05) is 38.1 Å². The van der Waals surface area contributed by atoms with E-state index in [-0.39, 0.29) is 12.5 Å². The van der Waals surface area contributed by atoms with E-state index < -0.39 is 23.9 Å². The summed E-state index contributed by atoms with van der Waals surface area (Å²) in [4.78, 5) is 25.1. The quantitative estimate of drug-likeness (QED) is 0.842. The summed E-state index contributed by atoms with van der Waals surface area (Å²) in [5, 5.41) is 19.4. The van der Waals surface area contributed by atoms with Gasteiger partial charge in [0, 0.05) is 6.54 Å². The van der Waals surface area contributed by atoms with E-state index in [0.29, 0.717) is 19.4 Å². The normalized spacial score (nSPS) is 21.8. The predicted molar refractivity (Wildman–Crippen MR) is 82.2 cm³/mol. The standard InChI is InChI=1S/C17H23NO4/c1-3-18(16(20)13-8-9-14(13)17(21)22)10-15(19)12-6-4-11(2)5-7-12/h4-7,13-15,19H,3,8-10H2,1-2H3,(H,21,22). The molecule has 1 aromatic carbocycles. The third kappa shape index (κ3) is 3.47. The zero-order valence-electron chi connectivity index (χ0n) is 13.0. The summed E-state index contributed by atoms with van der Waals surface area (Å²) in [6.45, 7) is 4.47. The van der Waals surface area contributed by atoms with Gasteiger partial charge < -0.3 is 15.1 Å². The number of aliphatic hydroxyl groups is 1. The number of amides is 1. The molecule has 2 rings (SSSR count).